The minimum atomic E-state index is 0.348. The molecule has 0 aliphatic heterocycles. The topological polar surface area (TPSA) is 44.0 Å². The van der Waals surface area contributed by atoms with Gasteiger partial charge in [0.15, 0.2) is 0 Å². The molecule has 4 aliphatic rings. The number of hydrogen-bond donors (Lipinski definition) is 1. The van der Waals surface area contributed by atoms with Crippen molar-refractivity contribution in [3.05, 3.63) is 0 Å². The molecule has 1 N–H and O–H groups in total. The minimum absolute atomic E-state index is 0.348. The summed E-state index contributed by atoms with van der Waals surface area (Å²) in [7, 11) is 1.00. The molecule has 4 rings (SSSR count). The van der Waals surface area contributed by atoms with E-state index in [0.29, 0.717) is 16.7 Å². The van der Waals surface area contributed by atoms with Crippen molar-refractivity contribution in [2.24, 2.45) is 40.4 Å². The summed E-state index contributed by atoms with van der Waals surface area (Å²) in [4.78, 5) is 0. The van der Waals surface area contributed by atoms with Crippen molar-refractivity contribution in [2.75, 3.05) is 7.11 Å². The van der Waals surface area contributed by atoms with Gasteiger partial charge in [0.2, 0.25) is 0 Å². The fraction of sp³-hybridized carbons (Fsp3) is 0.952. The number of rotatable bonds is 0. The number of nitrogens with zero attached hydrogens (tertiary/aromatic N) is 1. The first-order valence-electron chi connectivity index (χ1n) is 9.94. The average molecular weight is 318 g/mol. The quantitative estimate of drug-likeness (QED) is 0.670. The highest BCUT2D eigenvalue weighted by Crippen LogP contribution is 2.67. The Bertz CT molecular complexity index is 469. The van der Waals surface area contributed by atoms with Crippen molar-refractivity contribution in [1.29, 1.82) is 5.26 Å². The van der Waals surface area contributed by atoms with Gasteiger partial charge < -0.3 is 5.11 Å². The van der Waals surface area contributed by atoms with Gasteiger partial charge in [-0.05, 0) is 85.9 Å². The summed E-state index contributed by atoms with van der Waals surface area (Å²) in [6, 6.07) is 2.66. The molecule has 23 heavy (non-hydrogen) atoms. The maximum atomic E-state index is 9.55. The molecule has 4 fully saturated rings. The van der Waals surface area contributed by atoms with Gasteiger partial charge >= 0.3 is 0 Å². The molecule has 0 radical (unpaired) electrons. The molecule has 130 valence electrons. The fourth-order valence-corrected chi connectivity index (χ4v) is 7.51. The van der Waals surface area contributed by atoms with Crippen LogP contribution in [0.1, 0.15) is 78.1 Å². The maximum Gasteiger partial charge on any atom is 0.0661 e. The fourth-order valence-electron chi connectivity index (χ4n) is 7.51. The summed E-state index contributed by atoms with van der Waals surface area (Å²) in [5.41, 5.74) is 1.00. The second kappa shape index (κ2) is 6.40. The predicted molar refractivity (Wildman–Crippen MR) is 93.6 cm³/mol. The van der Waals surface area contributed by atoms with E-state index in [0.717, 1.165) is 30.8 Å². The van der Waals surface area contributed by atoms with E-state index in [1.165, 1.54) is 64.2 Å². The van der Waals surface area contributed by atoms with Gasteiger partial charge in [0, 0.05) is 7.11 Å². The zero-order chi connectivity index (χ0) is 16.7. The smallest absolute Gasteiger partial charge is 0.0661 e. The molecule has 0 aromatic rings. The third-order valence-corrected chi connectivity index (χ3v) is 8.74. The van der Waals surface area contributed by atoms with Crippen LogP contribution >= 0.6 is 0 Å². The van der Waals surface area contributed by atoms with Gasteiger partial charge in [-0.3, -0.25) is 0 Å². The molecule has 2 heteroatoms. The molecule has 4 saturated carbocycles. The Morgan fingerprint density at radius 2 is 1.57 bits per heavy atom. The minimum Gasteiger partial charge on any atom is -0.400 e. The summed E-state index contributed by atoms with van der Waals surface area (Å²) in [5, 5.41) is 16.6. The Labute approximate surface area is 142 Å². The predicted octanol–water partition coefficient (Wildman–Crippen LogP) is 5.17. The molecule has 4 aliphatic carbocycles. The Kier molecular flexibility index (Phi) is 4.81. The number of nitriles is 1. The third kappa shape index (κ3) is 2.46. The van der Waals surface area contributed by atoms with Crippen LogP contribution in [0.5, 0.6) is 0 Å². The lowest BCUT2D eigenvalue weighted by molar-refractivity contribution is -0.107. The van der Waals surface area contributed by atoms with E-state index in [4.69, 9.17) is 5.11 Å². The van der Waals surface area contributed by atoms with Gasteiger partial charge in [0.1, 0.15) is 0 Å². The van der Waals surface area contributed by atoms with E-state index in [-0.39, 0.29) is 0 Å². The van der Waals surface area contributed by atoms with Crippen molar-refractivity contribution < 1.29 is 5.11 Å². The monoisotopic (exact) mass is 317 g/mol. The first-order valence-corrected chi connectivity index (χ1v) is 9.94. The largest absolute Gasteiger partial charge is 0.400 e. The molecule has 7 atom stereocenters. The molecule has 0 spiro atoms. The van der Waals surface area contributed by atoms with Crippen molar-refractivity contribution in [1.82, 2.24) is 0 Å². The first-order chi connectivity index (χ1) is 11.1. The molecule has 0 heterocycles. The van der Waals surface area contributed by atoms with Gasteiger partial charge in [-0.25, -0.2) is 0 Å². The van der Waals surface area contributed by atoms with E-state index >= 15 is 0 Å². The van der Waals surface area contributed by atoms with Crippen LogP contribution in [0.15, 0.2) is 0 Å². The zero-order valence-electron chi connectivity index (χ0n) is 15.4. The van der Waals surface area contributed by atoms with Crippen LogP contribution in [0.25, 0.3) is 0 Å². The Morgan fingerprint density at radius 1 is 0.826 bits per heavy atom. The molecule has 0 saturated heterocycles. The van der Waals surface area contributed by atoms with E-state index in [9.17, 15) is 5.26 Å². The highest BCUT2D eigenvalue weighted by molar-refractivity contribution is 5.12. The molecule has 7 unspecified atom stereocenters. The molecular weight excluding hydrogens is 282 g/mol. The van der Waals surface area contributed by atoms with Crippen LogP contribution in [0, 0.1) is 51.8 Å². The Hall–Kier alpha value is -0.550. The van der Waals surface area contributed by atoms with Crippen molar-refractivity contribution in [2.45, 2.75) is 78.1 Å². The number of aliphatic hydroxyl groups excluding tert-OH is 1. The SMILES string of the molecule is CC12CCC3C(CCC4CCCCC43C)C1CCC2C#N.CO. The Morgan fingerprint density at radius 3 is 2.30 bits per heavy atom. The number of fused-ring (bicyclic) bond motifs is 5. The zero-order valence-corrected chi connectivity index (χ0v) is 15.4. The van der Waals surface area contributed by atoms with Crippen LogP contribution < -0.4 is 0 Å². The van der Waals surface area contributed by atoms with Crippen LogP contribution in [-0.2, 0) is 0 Å². The molecule has 0 amide bonds. The summed E-state index contributed by atoms with van der Waals surface area (Å²) in [6.45, 7) is 5.11. The third-order valence-electron chi connectivity index (χ3n) is 8.74. The van der Waals surface area contributed by atoms with Crippen molar-refractivity contribution in [3.63, 3.8) is 0 Å². The molecule has 2 nitrogen and oxygen atoms in total. The van der Waals surface area contributed by atoms with Gasteiger partial charge in [0.05, 0.1) is 12.0 Å². The standard InChI is InChI=1S/C20H31N.CH4O/c1-19-11-4-3-5-14(19)6-8-16-17-9-7-15(13-21)20(17,2)12-10-18(16)19;1-2/h14-18H,3-12H2,1-2H3;2H,1H3. The van der Waals surface area contributed by atoms with Crippen LogP contribution in [0.3, 0.4) is 0 Å². The number of hydrogen-bond acceptors (Lipinski definition) is 2. The number of aliphatic hydroxyl groups is 1. The molecule has 0 aromatic carbocycles. The van der Waals surface area contributed by atoms with Crippen molar-refractivity contribution >= 4 is 0 Å². The van der Waals surface area contributed by atoms with Crippen molar-refractivity contribution in [3.8, 4) is 6.07 Å². The highest BCUT2D eigenvalue weighted by Gasteiger charge is 2.59. The summed E-state index contributed by atoms with van der Waals surface area (Å²) >= 11 is 0. The first kappa shape index (κ1) is 17.3. The molecular formula is C21H35NO. The van der Waals surface area contributed by atoms with Gasteiger partial charge in [-0.15, -0.1) is 0 Å². The average Bonchev–Trinajstić information content (AvgIpc) is 2.92. The lowest BCUT2D eigenvalue weighted by Gasteiger charge is -2.60. The summed E-state index contributed by atoms with van der Waals surface area (Å²) < 4.78 is 0. The molecule has 0 aromatic heterocycles. The van der Waals surface area contributed by atoms with Gasteiger partial charge in [-0.1, -0.05) is 26.7 Å². The lowest BCUT2D eigenvalue weighted by Crippen LogP contribution is -2.52. The molecule has 0 bridgehead atoms. The lowest BCUT2D eigenvalue weighted by atomic mass is 9.45. The van der Waals surface area contributed by atoms with Crippen LogP contribution in [0.4, 0.5) is 0 Å². The van der Waals surface area contributed by atoms with Gasteiger partial charge in [-0.2, -0.15) is 5.26 Å². The summed E-state index contributed by atoms with van der Waals surface area (Å²) in [5.74, 6) is 4.15. The second-order valence-electron chi connectivity index (χ2n) is 9.21. The van der Waals surface area contributed by atoms with E-state index in [2.05, 4.69) is 19.9 Å². The van der Waals surface area contributed by atoms with E-state index in [1.54, 1.807) is 0 Å². The summed E-state index contributed by atoms with van der Waals surface area (Å²) in [6.07, 6.45) is 14.2. The van der Waals surface area contributed by atoms with Crippen LogP contribution in [-0.4, -0.2) is 12.2 Å². The Balaban J connectivity index is 0.000000753. The second-order valence-corrected chi connectivity index (χ2v) is 9.21. The maximum absolute atomic E-state index is 9.55. The highest BCUT2D eigenvalue weighted by atomic mass is 16.2. The van der Waals surface area contributed by atoms with E-state index < -0.39 is 0 Å². The normalized spacial score (nSPS) is 51.3. The van der Waals surface area contributed by atoms with Crippen LogP contribution in [0.2, 0.25) is 0 Å². The van der Waals surface area contributed by atoms with Gasteiger partial charge in [0.25, 0.3) is 0 Å². The van der Waals surface area contributed by atoms with E-state index in [1.807, 2.05) is 0 Å².